The molecule has 0 spiro atoms. The first kappa shape index (κ1) is 10.8. The first-order valence-corrected chi connectivity index (χ1v) is 5.33. The maximum Gasteiger partial charge on any atom is 0.349 e. The van der Waals surface area contributed by atoms with Gasteiger partial charge in [0.1, 0.15) is 15.7 Å². The van der Waals surface area contributed by atoms with Crippen LogP contribution < -0.4 is 0 Å². The van der Waals surface area contributed by atoms with Crippen LogP contribution in [0.25, 0.3) is 10.6 Å². The molecule has 0 atom stereocenters. The van der Waals surface area contributed by atoms with Crippen molar-refractivity contribution < 1.29 is 13.9 Å². The highest BCUT2D eigenvalue weighted by atomic mass is 32.1. The molecule has 1 heterocycles. The minimum absolute atomic E-state index is 0.353. The van der Waals surface area contributed by atoms with Crippen LogP contribution in [0.4, 0.5) is 4.39 Å². The summed E-state index contributed by atoms with van der Waals surface area (Å²) in [6, 6.07) is 6.30. The van der Waals surface area contributed by atoms with E-state index in [-0.39, 0.29) is 5.82 Å². The average Bonchev–Trinajstić information content (AvgIpc) is 2.78. The van der Waals surface area contributed by atoms with Crippen LogP contribution in [-0.4, -0.2) is 18.1 Å². The zero-order chi connectivity index (χ0) is 11.5. The highest BCUT2D eigenvalue weighted by Crippen LogP contribution is 2.27. The molecule has 5 heteroatoms. The van der Waals surface area contributed by atoms with Crippen molar-refractivity contribution in [2.24, 2.45) is 0 Å². The number of benzene rings is 1. The van der Waals surface area contributed by atoms with Crippen LogP contribution >= 0.6 is 11.3 Å². The molecule has 1 aromatic carbocycles. The van der Waals surface area contributed by atoms with Crippen molar-refractivity contribution >= 4 is 17.3 Å². The van der Waals surface area contributed by atoms with Crippen molar-refractivity contribution in [3.05, 3.63) is 41.2 Å². The Morgan fingerprint density at radius 2 is 2.19 bits per heavy atom. The second kappa shape index (κ2) is 4.40. The molecule has 3 nitrogen and oxygen atoms in total. The van der Waals surface area contributed by atoms with Crippen LogP contribution in [0.5, 0.6) is 0 Å². The zero-order valence-electron chi connectivity index (χ0n) is 8.44. The number of thiazole rings is 1. The van der Waals surface area contributed by atoms with Gasteiger partial charge in [-0.25, -0.2) is 14.2 Å². The molecule has 0 unspecified atom stereocenters. The first-order valence-electron chi connectivity index (χ1n) is 4.51. The standard InChI is InChI=1S/C11H8FNO2S/c1-15-11(14)9-6-13-10(16-9)7-4-2-3-5-8(7)12/h2-6H,1H3. The van der Waals surface area contributed by atoms with Gasteiger partial charge >= 0.3 is 5.97 Å². The summed E-state index contributed by atoms with van der Waals surface area (Å²) in [5.74, 6) is -0.812. The van der Waals surface area contributed by atoms with Gasteiger partial charge in [0, 0.05) is 5.56 Å². The normalized spacial score (nSPS) is 10.1. The summed E-state index contributed by atoms with van der Waals surface area (Å²) in [7, 11) is 1.30. The Hall–Kier alpha value is -1.75. The minimum Gasteiger partial charge on any atom is -0.465 e. The molecule has 16 heavy (non-hydrogen) atoms. The van der Waals surface area contributed by atoms with E-state index in [0.29, 0.717) is 15.4 Å². The van der Waals surface area contributed by atoms with E-state index in [0.717, 1.165) is 11.3 Å². The predicted octanol–water partition coefficient (Wildman–Crippen LogP) is 2.74. The molecule has 1 aromatic heterocycles. The molecule has 0 saturated heterocycles. The third-order valence-electron chi connectivity index (χ3n) is 2.00. The number of hydrogen-bond donors (Lipinski definition) is 0. The van der Waals surface area contributed by atoms with Crippen molar-refractivity contribution in [3.8, 4) is 10.6 Å². The number of nitrogens with zero attached hydrogens (tertiary/aromatic N) is 1. The van der Waals surface area contributed by atoms with Gasteiger partial charge in [0.05, 0.1) is 13.3 Å². The molecule has 82 valence electrons. The largest absolute Gasteiger partial charge is 0.465 e. The van der Waals surface area contributed by atoms with E-state index in [9.17, 15) is 9.18 Å². The number of halogens is 1. The summed E-state index contributed by atoms with van der Waals surface area (Å²) < 4.78 is 18.0. The second-order valence-corrected chi connectivity index (χ2v) is 4.03. The van der Waals surface area contributed by atoms with Crippen LogP contribution in [0.15, 0.2) is 30.5 Å². The van der Waals surface area contributed by atoms with Crippen molar-refractivity contribution in [3.63, 3.8) is 0 Å². The van der Waals surface area contributed by atoms with E-state index in [4.69, 9.17) is 0 Å². The third-order valence-corrected chi connectivity index (χ3v) is 3.01. The van der Waals surface area contributed by atoms with Crippen LogP contribution in [0.2, 0.25) is 0 Å². The van der Waals surface area contributed by atoms with Gasteiger partial charge in [-0.05, 0) is 12.1 Å². The third kappa shape index (κ3) is 1.94. The highest BCUT2D eigenvalue weighted by Gasteiger charge is 2.13. The first-order chi connectivity index (χ1) is 7.72. The molecule has 0 saturated carbocycles. The lowest BCUT2D eigenvalue weighted by Crippen LogP contribution is -1.96. The quantitative estimate of drug-likeness (QED) is 0.754. The van der Waals surface area contributed by atoms with Gasteiger partial charge in [0.25, 0.3) is 0 Å². The molecule has 0 aliphatic heterocycles. The number of hydrogen-bond acceptors (Lipinski definition) is 4. The number of rotatable bonds is 2. The molecular weight excluding hydrogens is 229 g/mol. The van der Waals surface area contributed by atoms with Crippen LogP contribution in [-0.2, 0) is 4.74 Å². The Morgan fingerprint density at radius 3 is 2.88 bits per heavy atom. The maximum atomic E-state index is 13.4. The van der Waals surface area contributed by atoms with Crippen molar-refractivity contribution in [1.29, 1.82) is 0 Å². The average molecular weight is 237 g/mol. The van der Waals surface area contributed by atoms with Crippen LogP contribution in [0.1, 0.15) is 9.67 Å². The summed E-state index contributed by atoms with van der Waals surface area (Å²) in [6.45, 7) is 0. The molecule has 0 bridgehead atoms. The SMILES string of the molecule is COC(=O)c1cnc(-c2ccccc2F)s1. The van der Waals surface area contributed by atoms with E-state index in [1.54, 1.807) is 18.2 Å². The Labute approximate surface area is 95.5 Å². The van der Waals surface area contributed by atoms with E-state index >= 15 is 0 Å². The second-order valence-electron chi connectivity index (χ2n) is 3.00. The zero-order valence-corrected chi connectivity index (χ0v) is 9.25. The molecule has 0 aliphatic carbocycles. The molecule has 0 N–H and O–H groups in total. The molecule has 0 aliphatic rings. The minimum atomic E-state index is -0.458. The maximum absolute atomic E-state index is 13.4. The van der Waals surface area contributed by atoms with Crippen molar-refractivity contribution in [2.75, 3.05) is 7.11 Å². The number of ether oxygens (including phenoxy) is 1. The lowest BCUT2D eigenvalue weighted by molar-refractivity contribution is 0.0606. The molecular formula is C11H8FNO2S. The lowest BCUT2D eigenvalue weighted by atomic mass is 10.2. The molecule has 2 aromatic rings. The smallest absolute Gasteiger partial charge is 0.349 e. The summed E-state index contributed by atoms with van der Waals surface area (Å²) in [5, 5.41) is 0.471. The number of aromatic nitrogens is 1. The Morgan fingerprint density at radius 1 is 1.44 bits per heavy atom. The Kier molecular flexibility index (Phi) is 2.96. The van der Waals surface area contributed by atoms with Gasteiger partial charge in [-0.3, -0.25) is 0 Å². The van der Waals surface area contributed by atoms with E-state index in [2.05, 4.69) is 9.72 Å². The molecule has 0 amide bonds. The Balaban J connectivity index is 2.39. The lowest BCUT2D eigenvalue weighted by Gasteiger charge is -1.96. The Bertz CT molecular complexity index is 524. The molecule has 0 fully saturated rings. The fourth-order valence-corrected chi connectivity index (χ4v) is 2.09. The van der Waals surface area contributed by atoms with E-state index in [1.165, 1.54) is 19.4 Å². The summed E-state index contributed by atoms with van der Waals surface area (Å²) in [4.78, 5) is 15.6. The van der Waals surface area contributed by atoms with E-state index in [1.807, 2.05) is 0 Å². The fraction of sp³-hybridized carbons (Fsp3) is 0.0909. The summed E-state index contributed by atoms with van der Waals surface area (Å²) >= 11 is 1.11. The van der Waals surface area contributed by atoms with Crippen LogP contribution in [0, 0.1) is 5.82 Å². The van der Waals surface area contributed by atoms with Gasteiger partial charge in [-0.1, -0.05) is 12.1 Å². The van der Waals surface area contributed by atoms with E-state index < -0.39 is 5.97 Å². The summed E-state index contributed by atoms with van der Waals surface area (Å²) in [5.41, 5.74) is 0.391. The van der Waals surface area contributed by atoms with Gasteiger partial charge in [-0.2, -0.15) is 0 Å². The van der Waals surface area contributed by atoms with Crippen LogP contribution in [0.3, 0.4) is 0 Å². The predicted molar refractivity (Wildman–Crippen MR) is 58.8 cm³/mol. The number of esters is 1. The van der Waals surface area contributed by atoms with Gasteiger partial charge in [0.15, 0.2) is 0 Å². The monoisotopic (exact) mass is 237 g/mol. The highest BCUT2D eigenvalue weighted by molar-refractivity contribution is 7.16. The van der Waals surface area contributed by atoms with Gasteiger partial charge in [0.2, 0.25) is 0 Å². The summed E-state index contributed by atoms with van der Waals surface area (Å²) in [6.07, 6.45) is 1.39. The topological polar surface area (TPSA) is 39.2 Å². The van der Waals surface area contributed by atoms with Crippen molar-refractivity contribution in [2.45, 2.75) is 0 Å². The molecule has 2 rings (SSSR count). The fourth-order valence-electron chi connectivity index (χ4n) is 1.23. The number of methoxy groups -OCH3 is 1. The van der Waals surface area contributed by atoms with Gasteiger partial charge in [-0.15, -0.1) is 11.3 Å². The van der Waals surface area contributed by atoms with Gasteiger partial charge < -0.3 is 4.74 Å². The van der Waals surface area contributed by atoms with Crippen molar-refractivity contribution in [1.82, 2.24) is 4.98 Å². The molecule has 0 radical (unpaired) electrons. The number of carbonyl (C=O) groups excluding carboxylic acids is 1. The number of carbonyl (C=O) groups is 1.